The van der Waals surface area contributed by atoms with Gasteiger partial charge in [-0.1, -0.05) is 30.3 Å². The van der Waals surface area contributed by atoms with Crippen LogP contribution in [0.5, 0.6) is 0 Å². The smallest absolute Gasteiger partial charge is 0.232 e. The molecular formula is C13H14N2O2S. The van der Waals surface area contributed by atoms with E-state index in [0.29, 0.717) is 12.2 Å². The Morgan fingerprint density at radius 1 is 1.06 bits per heavy atom. The fourth-order valence-electron chi connectivity index (χ4n) is 1.66. The van der Waals surface area contributed by atoms with Crippen LogP contribution in [0.4, 0.5) is 5.69 Å². The van der Waals surface area contributed by atoms with E-state index in [1.54, 1.807) is 24.5 Å². The number of anilines is 1. The molecule has 0 radical (unpaired) electrons. The van der Waals surface area contributed by atoms with Gasteiger partial charge in [-0.2, -0.15) is 0 Å². The molecule has 4 nitrogen and oxygen atoms in total. The van der Waals surface area contributed by atoms with E-state index in [9.17, 15) is 8.42 Å². The topological polar surface area (TPSA) is 50.3 Å². The molecular weight excluding hydrogens is 248 g/mol. The van der Waals surface area contributed by atoms with Crippen LogP contribution >= 0.6 is 0 Å². The highest BCUT2D eigenvalue weighted by atomic mass is 32.2. The number of hydrogen-bond acceptors (Lipinski definition) is 3. The summed E-state index contributed by atoms with van der Waals surface area (Å²) in [6.07, 6.45) is 4.37. The Hall–Kier alpha value is -1.88. The predicted molar refractivity (Wildman–Crippen MR) is 71.7 cm³/mol. The van der Waals surface area contributed by atoms with Crippen LogP contribution in [0.1, 0.15) is 5.56 Å². The third kappa shape index (κ3) is 3.07. The standard InChI is InChI=1S/C13H14N2O2S/c1-18(16,17)15(13-7-9-14-10-8-13)11-12-5-3-2-4-6-12/h2-10H,11H2,1H3. The second-order valence-electron chi connectivity index (χ2n) is 3.96. The first kappa shape index (κ1) is 12.6. The van der Waals surface area contributed by atoms with Crippen molar-refractivity contribution in [2.45, 2.75) is 6.54 Å². The Morgan fingerprint density at radius 3 is 2.22 bits per heavy atom. The van der Waals surface area contributed by atoms with Crippen molar-refractivity contribution in [3.8, 4) is 0 Å². The summed E-state index contributed by atoms with van der Waals surface area (Å²) < 4.78 is 25.0. The van der Waals surface area contributed by atoms with E-state index in [-0.39, 0.29) is 0 Å². The van der Waals surface area contributed by atoms with Crippen LogP contribution in [0.25, 0.3) is 0 Å². The lowest BCUT2D eigenvalue weighted by Gasteiger charge is -2.22. The molecule has 94 valence electrons. The number of aromatic nitrogens is 1. The Labute approximate surface area is 107 Å². The maximum atomic E-state index is 11.8. The lowest BCUT2D eigenvalue weighted by molar-refractivity contribution is 0.596. The third-order valence-corrected chi connectivity index (χ3v) is 3.66. The van der Waals surface area contributed by atoms with Gasteiger partial charge < -0.3 is 0 Å². The largest absolute Gasteiger partial charge is 0.266 e. The van der Waals surface area contributed by atoms with Crippen LogP contribution in [0.2, 0.25) is 0 Å². The molecule has 0 unspecified atom stereocenters. The molecule has 1 aromatic carbocycles. The van der Waals surface area contributed by atoms with Crippen LogP contribution in [-0.2, 0) is 16.6 Å². The van der Waals surface area contributed by atoms with Crippen molar-refractivity contribution in [1.82, 2.24) is 4.98 Å². The minimum absolute atomic E-state index is 0.323. The SMILES string of the molecule is CS(=O)(=O)N(Cc1ccccc1)c1ccncc1. The Kier molecular flexibility index (Phi) is 3.62. The average Bonchev–Trinajstić information content (AvgIpc) is 2.37. The van der Waals surface area contributed by atoms with Gasteiger partial charge in [0, 0.05) is 12.4 Å². The van der Waals surface area contributed by atoms with Crippen LogP contribution in [0.3, 0.4) is 0 Å². The van der Waals surface area contributed by atoms with Crippen molar-refractivity contribution in [3.05, 3.63) is 60.4 Å². The minimum Gasteiger partial charge on any atom is -0.266 e. The lowest BCUT2D eigenvalue weighted by atomic mass is 10.2. The number of sulfonamides is 1. The lowest BCUT2D eigenvalue weighted by Crippen LogP contribution is -2.29. The third-order valence-electron chi connectivity index (χ3n) is 2.52. The van der Waals surface area contributed by atoms with Gasteiger partial charge in [0.05, 0.1) is 18.5 Å². The van der Waals surface area contributed by atoms with Gasteiger partial charge in [-0.25, -0.2) is 8.42 Å². The molecule has 0 fully saturated rings. The second-order valence-corrected chi connectivity index (χ2v) is 5.87. The molecule has 0 N–H and O–H groups in total. The van der Waals surface area contributed by atoms with E-state index in [1.165, 1.54) is 10.6 Å². The molecule has 2 aromatic rings. The molecule has 0 atom stereocenters. The molecule has 18 heavy (non-hydrogen) atoms. The molecule has 1 aromatic heterocycles. The highest BCUT2D eigenvalue weighted by Gasteiger charge is 2.17. The fourth-order valence-corrected chi connectivity index (χ4v) is 2.55. The summed E-state index contributed by atoms with van der Waals surface area (Å²) in [5.41, 5.74) is 1.57. The van der Waals surface area contributed by atoms with Gasteiger partial charge in [-0.15, -0.1) is 0 Å². The van der Waals surface area contributed by atoms with Gasteiger partial charge in [0.1, 0.15) is 0 Å². The van der Waals surface area contributed by atoms with E-state index in [2.05, 4.69) is 4.98 Å². The highest BCUT2D eigenvalue weighted by molar-refractivity contribution is 7.92. The summed E-state index contributed by atoms with van der Waals surface area (Å²) in [6, 6.07) is 12.9. The number of hydrogen-bond donors (Lipinski definition) is 0. The van der Waals surface area contributed by atoms with Crippen LogP contribution < -0.4 is 4.31 Å². The van der Waals surface area contributed by atoms with E-state index in [0.717, 1.165) is 5.56 Å². The zero-order valence-corrected chi connectivity index (χ0v) is 10.8. The number of benzene rings is 1. The molecule has 0 aliphatic carbocycles. The first-order chi connectivity index (χ1) is 8.57. The van der Waals surface area contributed by atoms with E-state index in [4.69, 9.17) is 0 Å². The summed E-state index contributed by atoms with van der Waals surface area (Å²) in [5, 5.41) is 0. The average molecular weight is 262 g/mol. The van der Waals surface area contributed by atoms with Crippen LogP contribution in [0, 0.1) is 0 Å². The first-order valence-corrected chi connectivity index (χ1v) is 7.34. The van der Waals surface area contributed by atoms with Crippen molar-refractivity contribution >= 4 is 15.7 Å². The maximum Gasteiger partial charge on any atom is 0.232 e. The van der Waals surface area contributed by atoms with Crippen molar-refractivity contribution in [1.29, 1.82) is 0 Å². The van der Waals surface area contributed by atoms with Crippen molar-refractivity contribution in [2.75, 3.05) is 10.6 Å². The molecule has 1 heterocycles. The van der Waals surface area contributed by atoms with E-state index >= 15 is 0 Å². The summed E-state index contributed by atoms with van der Waals surface area (Å²) in [7, 11) is -3.31. The molecule has 0 aliphatic rings. The first-order valence-electron chi connectivity index (χ1n) is 5.49. The van der Waals surface area contributed by atoms with Gasteiger partial charge in [0.2, 0.25) is 10.0 Å². The summed E-state index contributed by atoms with van der Waals surface area (Å²) >= 11 is 0. The number of pyridine rings is 1. The monoisotopic (exact) mass is 262 g/mol. The van der Waals surface area contributed by atoms with Crippen LogP contribution in [0.15, 0.2) is 54.9 Å². The molecule has 0 aliphatic heterocycles. The Bertz CT molecular complexity index is 597. The van der Waals surface area contributed by atoms with Gasteiger partial charge in [-0.3, -0.25) is 9.29 Å². The van der Waals surface area contributed by atoms with Gasteiger partial charge >= 0.3 is 0 Å². The van der Waals surface area contributed by atoms with Crippen molar-refractivity contribution in [2.24, 2.45) is 0 Å². The fraction of sp³-hybridized carbons (Fsp3) is 0.154. The van der Waals surface area contributed by atoms with Crippen molar-refractivity contribution < 1.29 is 8.42 Å². The normalized spacial score (nSPS) is 11.2. The quantitative estimate of drug-likeness (QED) is 0.847. The summed E-state index contributed by atoms with van der Waals surface area (Å²) in [5.74, 6) is 0. The maximum absolute atomic E-state index is 11.8. The minimum atomic E-state index is -3.31. The summed E-state index contributed by atoms with van der Waals surface area (Å²) in [6.45, 7) is 0.323. The number of rotatable bonds is 4. The zero-order valence-electron chi connectivity index (χ0n) is 10.0. The predicted octanol–water partition coefficient (Wildman–Crippen LogP) is 2.05. The Morgan fingerprint density at radius 2 is 1.67 bits per heavy atom. The van der Waals surface area contributed by atoms with Gasteiger partial charge in [-0.05, 0) is 17.7 Å². The highest BCUT2D eigenvalue weighted by Crippen LogP contribution is 2.19. The molecule has 0 saturated heterocycles. The molecule has 5 heteroatoms. The van der Waals surface area contributed by atoms with E-state index < -0.39 is 10.0 Å². The number of nitrogens with zero attached hydrogens (tertiary/aromatic N) is 2. The molecule has 0 saturated carbocycles. The second kappa shape index (κ2) is 5.18. The molecule has 0 amide bonds. The van der Waals surface area contributed by atoms with Gasteiger partial charge in [0.25, 0.3) is 0 Å². The molecule has 0 bridgehead atoms. The molecule has 0 spiro atoms. The summed E-state index contributed by atoms with van der Waals surface area (Å²) in [4.78, 5) is 3.90. The van der Waals surface area contributed by atoms with Crippen molar-refractivity contribution in [3.63, 3.8) is 0 Å². The van der Waals surface area contributed by atoms with E-state index in [1.807, 2.05) is 30.3 Å². The van der Waals surface area contributed by atoms with Crippen LogP contribution in [-0.4, -0.2) is 19.7 Å². The zero-order chi connectivity index (χ0) is 13.0. The Balaban J connectivity index is 2.34. The van der Waals surface area contributed by atoms with Gasteiger partial charge in [0.15, 0.2) is 0 Å². The molecule has 2 rings (SSSR count).